The zero-order chi connectivity index (χ0) is 8.06. The van der Waals surface area contributed by atoms with Gasteiger partial charge in [0.05, 0.1) is 0 Å². The molecule has 1 spiro atoms. The molecule has 0 atom stereocenters. The van der Waals surface area contributed by atoms with E-state index in [9.17, 15) is 4.79 Å². The van der Waals surface area contributed by atoms with Crippen LogP contribution in [0.2, 0.25) is 0 Å². The number of likely N-dealkylation sites (tertiary alicyclic amines) is 1. The third-order valence-electron chi connectivity index (χ3n) is 2.97. The number of hydrogen-bond donors (Lipinski definition) is 1. The molecule has 2 N–H and O–H groups in total. The van der Waals surface area contributed by atoms with Crippen molar-refractivity contribution < 1.29 is 4.79 Å². The molecule has 2 fully saturated rings. The van der Waals surface area contributed by atoms with Crippen LogP contribution < -0.4 is 5.73 Å². The average molecular weight is 154 g/mol. The van der Waals surface area contributed by atoms with E-state index in [4.69, 9.17) is 5.73 Å². The van der Waals surface area contributed by atoms with E-state index < -0.39 is 0 Å². The first kappa shape index (κ1) is 7.10. The molecule has 1 saturated heterocycles. The standard InChI is InChI=1S/C8H14N2O/c1-10-4-8(5-10)2-6(3-8)7(9)11/h6H,2-5H2,1H3,(H2,9,11). The quantitative estimate of drug-likeness (QED) is 0.569. The van der Waals surface area contributed by atoms with Crippen LogP contribution in [0.4, 0.5) is 0 Å². The molecule has 3 nitrogen and oxygen atoms in total. The van der Waals surface area contributed by atoms with Crippen LogP contribution in [0, 0.1) is 11.3 Å². The van der Waals surface area contributed by atoms with Crippen LogP contribution in [0.25, 0.3) is 0 Å². The molecule has 0 aromatic carbocycles. The van der Waals surface area contributed by atoms with Gasteiger partial charge in [-0.05, 0) is 25.3 Å². The third-order valence-corrected chi connectivity index (χ3v) is 2.97. The highest BCUT2D eigenvalue weighted by molar-refractivity contribution is 5.77. The zero-order valence-electron chi connectivity index (χ0n) is 6.84. The fourth-order valence-corrected chi connectivity index (χ4v) is 2.54. The van der Waals surface area contributed by atoms with Crippen molar-refractivity contribution in [3.8, 4) is 0 Å². The molecule has 11 heavy (non-hydrogen) atoms. The smallest absolute Gasteiger partial charge is 0.220 e. The minimum atomic E-state index is -0.106. The van der Waals surface area contributed by atoms with Crippen LogP contribution in [-0.4, -0.2) is 30.9 Å². The van der Waals surface area contributed by atoms with E-state index in [0.29, 0.717) is 5.41 Å². The van der Waals surface area contributed by atoms with Gasteiger partial charge in [-0.15, -0.1) is 0 Å². The third kappa shape index (κ3) is 0.948. The Bertz CT molecular complexity index is 188. The Hall–Kier alpha value is -0.570. The van der Waals surface area contributed by atoms with E-state index in [1.54, 1.807) is 0 Å². The van der Waals surface area contributed by atoms with Gasteiger partial charge >= 0.3 is 0 Å². The molecule has 1 aliphatic carbocycles. The van der Waals surface area contributed by atoms with Gasteiger partial charge in [0.25, 0.3) is 0 Å². The number of hydrogen-bond acceptors (Lipinski definition) is 2. The molecule has 1 amide bonds. The molecule has 0 unspecified atom stereocenters. The fraction of sp³-hybridized carbons (Fsp3) is 0.875. The number of primary amides is 1. The Morgan fingerprint density at radius 2 is 2.09 bits per heavy atom. The van der Waals surface area contributed by atoms with Crippen molar-refractivity contribution in [2.75, 3.05) is 20.1 Å². The lowest BCUT2D eigenvalue weighted by molar-refractivity contribution is -0.139. The summed E-state index contributed by atoms with van der Waals surface area (Å²) in [6.45, 7) is 2.33. The highest BCUT2D eigenvalue weighted by Crippen LogP contribution is 2.50. The highest BCUT2D eigenvalue weighted by Gasteiger charge is 2.52. The van der Waals surface area contributed by atoms with Gasteiger partial charge in [-0.3, -0.25) is 4.79 Å². The zero-order valence-corrected chi connectivity index (χ0v) is 6.84. The Kier molecular flexibility index (Phi) is 1.27. The van der Waals surface area contributed by atoms with Crippen LogP contribution in [0.1, 0.15) is 12.8 Å². The second kappa shape index (κ2) is 1.97. The fourth-order valence-electron chi connectivity index (χ4n) is 2.54. The summed E-state index contributed by atoms with van der Waals surface area (Å²) in [5, 5.41) is 0. The summed E-state index contributed by atoms with van der Waals surface area (Å²) in [4.78, 5) is 13.0. The van der Waals surface area contributed by atoms with Gasteiger partial charge in [-0.2, -0.15) is 0 Å². The number of nitrogens with two attached hydrogens (primary N) is 1. The molecule has 62 valence electrons. The summed E-state index contributed by atoms with van der Waals surface area (Å²) in [7, 11) is 2.11. The molecular weight excluding hydrogens is 140 g/mol. The maximum absolute atomic E-state index is 10.7. The summed E-state index contributed by atoms with van der Waals surface area (Å²) >= 11 is 0. The topological polar surface area (TPSA) is 46.3 Å². The number of carbonyl (C=O) groups excluding carboxylic acids is 1. The van der Waals surface area contributed by atoms with Gasteiger partial charge in [-0.1, -0.05) is 0 Å². The van der Waals surface area contributed by atoms with Crippen LogP contribution in [-0.2, 0) is 4.79 Å². The Morgan fingerprint density at radius 3 is 2.45 bits per heavy atom. The van der Waals surface area contributed by atoms with Crippen molar-refractivity contribution in [2.45, 2.75) is 12.8 Å². The number of amides is 1. The van der Waals surface area contributed by atoms with Crippen LogP contribution in [0.5, 0.6) is 0 Å². The van der Waals surface area contributed by atoms with Gasteiger partial charge in [-0.25, -0.2) is 0 Å². The first-order valence-corrected chi connectivity index (χ1v) is 4.09. The second-order valence-corrected chi connectivity index (χ2v) is 4.18. The van der Waals surface area contributed by atoms with Crippen molar-refractivity contribution in [3.63, 3.8) is 0 Å². The van der Waals surface area contributed by atoms with Gasteiger partial charge < -0.3 is 10.6 Å². The van der Waals surface area contributed by atoms with Crippen molar-refractivity contribution in [2.24, 2.45) is 17.1 Å². The van der Waals surface area contributed by atoms with Crippen molar-refractivity contribution in [3.05, 3.63) is 0 Å². The van der Waals surface area contributed by atoms with E-state index in [0.717, 1.165) is 25.9 Å². The lowest BCUT2D eigenvalue weighted by Crippen LogP contribution is -2.62. The molecule has 1 aliphatic heterocycles. The first-order chi connectivity index (χ1) is 5.11. The highest BCUT2D eigenvalue weighted by atomic mass is 16.1. The maximum atomic E-state index is 10.7. The van der Waals surface area contributed by atoms with E-state index in [1.165, 1.54) is 0 Å². The molecule has 0 radical (unpaired) electrons. The minimum absolute atomic E-state index is 0.106. The predicted molar refractivity (Wildman–Crippen MR) is 41.8 cm³/mol. The minimum Gasteiger partial charge on any atom is -0.369 e. The normalized spacial score (nSPS) is 29.5. The molecule has 0 bridgehead atoms. The van der Waals surface area contributed by atoms with Gasteiger partial charge in [0.1, 0.15) is 0 Å². The van der Waals surface area contributed by atoms with Crippen molar-refractivity contribution in [1.82, 2.24) is 4.90 Å². The molecule has 0 aromatic heterocycles. The molecule has 1 saturated carbocycles. The van der Waals surface area contributed by atoms with E-state index >= 15 is 0 Å². The summed E-state index contributed by atoms with van der Waals surface area (Å²) < 4.78 is 0. The first-order valence-electron chi connectivity index (χ1n) is 4.09. The number of carbonyl (C=O) groups is 1. The Balaban J connectivity index is 1.84. The molecular formula is C8H14N2O. The summed E-state index contributed by atoms with van der Waals surface area (Å²) in [6.07, 6.45) is 2.07. The molecule has 0 aromatic rings. The average Bonchev–Trinajstić information content (AvgIpc) is 1.73. The Labute approximate surface area is 66.5 Å². The predicted octanol–water partition coefficient (Wildman–Crippen LogP) is -0.187. The van der Waals surface area contributed by atoms with E-state index in [-0.39, 0.29) is 11.8 Å². The van der Waals surface area contributed by atoms with Gasteiger partial charge in [0, 0.05) is 19.0 Å². The monoisotopic (exact) mass is 154 g/mol. The molecule has 2 aliphatic rings. The van der Waals surface area contributed by atoms with E-state index in [2.05, 4.69) is 11.9 Å². The number of rotatable bonds is 1. The largest absolute Gasteiger partial charge is 0.369 e. The van der Waals surface area contributed by atoms with Crippen molar-refractivity contribution in [1.29, 1.82) is 0 Å². The van der Waals surface area contributed by atoms with Crippen LogP contribution in [0.15, 0.2) is 0 Å². The Morgan fingerprint density at radius 1 is 1.55 bits per heavy atom. The maximum Gasteiger partial charge on any atom is 0.220 e. The summed E-state index contributed by atoms with van der Waals surface area (Å²) in [6, 6.07) is 0. The van der Waals surface area contributed by atoms with Gasteiger partial charge in [0.15, 0.2) is 0 Å². The van der Waals surface area contributed by atoms with Crippen LogP contribution in [0.3, 0.4) is 0 Å². The molecule has 2 rings (SSSR count). The van der Waals surface area contributed by atoms with Gasteiger partial charge in [0.2, 0.25) is 5.91 Å². The molecule has 3 heteroatoms. The van der Waals surface area contributed by atoms with E-state index in [1.807, 2.05) is 0 Å². The second-order valence-electron chi connectivity index (χ2n) is 4.18. The number of nitrogens with zero attached hydrogens (tertiary/aromatic N) is 1. The lowest BCUT2D eigenvalue weighted by atomic mass is 9.58. The van der Waals surface area contributed by atoms with Crippen LogP contribution >= 0.6 is 0 Å². The lowest BCUT2D eigenvalue weighted by Gasteiger charge is -2.57. The SMILES string of the molecule is CN1CC2(CC(C(N)=O)C2)C1. The summed E-state index contributed by atoms with van der Waals surface area (Å²) in [5.74, 6) is 0.0777. The summed E-state index contributed by atoms with van der Waals surface area (Å²) in [5.41, 5.74) is 5.67. The van der Waals surface area contributed by atoms with Crippen molar-refractivity contribution >= 4 is 5.91 Å². The molecule has 1 heterocycles.